The molecule has 2 nitrogen and oxygen atoms in total. The summed E-state index contributed by atoms with van der Waals surface area (Å²) >= 11 is 5.00. The van der Waals surface area contributed by atoms with Crippen LogP contribution >= 0.6 is 27.3 Å². The minimum absolute atomic E-state index is 0.0126. The van der Waals surface area contributed by atoms with E-state index in [0.717, 1.165) is 28.0 Å². The van der Waals surface area contributed by atoms with E-state index in [1.165, 1.54) is 0 Å². The van der Waals surface area contributed by atoms with Crippen LogP contribution in [0.4, 0.5) is 0 Å². The van der Waals surface area contributed by atoms with Crippen LogP contribution in [0, 0.1) is 5.92 Å². The third-order valence-corrected chi connectivity index (χ3v) is 4.30. The number of hydrogen-bond acceptors (Lipinski definition) is 2. The summed E-state index contributed by atoms with van der Waals surface area (Å²) in [6.07, 6.45) is 5.66. The summed E-state index contributed by atoms with van der Waals surface area (Å²) in [5.74, 6) is 0.574. The van der Waals surface area contributed by atoms with E-state index in [2.05, 4.69) is 35.1 Å². The summed E-state index contributed by atoms with van der Waals surface area (Å²) < 4.78 is 1.08. The zero-order valence-corrected chi connectivity index (χ0v) is 12.6. The van der Waals surface area contributed by atoms with Crippen LogP contribution in [-0.2, 0) is 4.79 Å². The molecule has 0 atom stereocenters. The Kier molecular flexibility index (Phi) is 6.52. The zero-order valence-electron chi connectivity index (χ0n) is 10.2. The van der Waals surface area contributed by atoms with Gasteiger partial charge in [0.25, 0.3) is 0 Å². The Labute approximate surface area is 115 Å². The van der Waals surface area contributed by atoms with Gasteiger partial charge in [-0.3, -0.25) is 4.79 Å². The molecule has 94 valence electrons. The highest BCUT2D eigenvalue weighted by molar-refractivity contribution is 9.11. The summed E-state index contributed by atoms with van der Waals surface area (Å²) in [5.41, 5.74) is 0. The summed E-state index contributed by atoms with van der Waals surface area (Å²) in [5, 5.41) is 2.93. The van der Waals surface area contributed by atoms with Crippen LogP contribution in [0.5, 0.6) is 0 Å². The predicted octanol–water partition coefficient (Wildman–Crippen LogP) is 4.08. The molecule has 0 saturated heterocycles. The van der Waals surface area contributed by atoms with Crippen molar-refractivity contribution in [1.82, 2.24) is 5.32 Å². The first-order chi connectivity index (χ1) is 8.15. The third kappa shape index (κ3) is 5.50. The maximum Gasteiger partial charge on any atom is 0.244 e. The van der Waals surface area contributed by atoms with Gasteiger partial charge in [0.2, 0.25) is 5.91 Å². The molecule has 17 heavy (non-hydrogen) atoms. The lowest BCUT2D eigenvalue weighted by molar-refractivity contribution is -0.116. The van der Waals surface area contributed by atoms with Crippen LogP contribution < -0.4 is 5.32 Å². The molecule has 0 aliphatic carbocycles. The van der Waals surface area contributed by atoms with Crippen molar-refractivity contribution in [2.75, 3.05) is 6.54 Å². The van der Waals surface area contributed by atoms with Gasteiger partial charge in [-0.1, -0.05) is 26.7 Å². The van der Waals surface area contributed by atoms with Crippen LogP contribution in [0.15, 0.2) is 22.0 Å². The molecule has 1 aromatic rings. The molecular weight excluding hydrogens is 298 g/mol. The van der Waals surface area contributed by atoms with E-state index < -0.39 is 0 Å². The van der Waals surface area contributed by atoms with E-state index in [4.69, 9.17) is 0 Å². The first-order valence-corrected chi connectivity index (χ1v) is 7.47. The van der Waals surface area contributed by atoms with Crippen molar-refractivity contribution in [3.63, 3.8) is 0 Å². The smallest absolute Gasteiger partial charge is 0.244 e. The molecule has 1 N–H and O–H groups in total. The number of rotatable bonds is 6. The molecule has 1 rings (SSSR count). The van der Waals surface area contributed by atoms with Gasteiger partial charge in [0.1, 0.15) is 0 Å². The predicted molar refractivity (Wildman–Crippen MR) is 78.1 cm³/mol. The van der Waals surface area contributed by atoms with Crippen molar-refractivity contribution < 1.29 is 4.79 Å². The minimum Gasteiger partial charge on any atom is -0.352 e. The summed E-state index contributed by atoms with van der Waals surface area (Å²) in [4.78, 5) is 12.6. The van der Waals surface area contributed by atoms with Crippen molar-refractivity contribution in [2.45, 2.75) is 26.7 Å². The van der Waals surface area contributed by atoms with Gasteiger partial charge in [-0.05, 0) is 40.1 Å². The molecule has 1 aromatic heterocycles. The minimum atomic E-state index is -0.0126. The Bertz CT molecular complexity index is 383. The van der Waals surface area contributed by atoms with Gasteiger partial charge in [-0.25, -0.2) is 0 Å². The van der Waals surface area contributed by atoms with Crippen LogP contribution in [0.3, 0.4) is 0 Å². The summed E-state index contributed by atoms with van der Waals surface area (Å²) in [7, 11) is 0. The highest BCUT2D eigenvalue weighted by atomic mass is 79.9. The van der Waals surface area contributed by atoms with Crippen molar-refractivity contribution in [3.8, 4) is 0 Å². The monoisotopic (exact) mass is 315 g/mol. The number of thiophene rings is 1. The normalized spacial score (nSPS) is 11.3. The molecule has 1 amide bonds. The molecule has 0 aliphatic heterocycles. The van der Waals surface area contributed by atoms with Gasteiger partial charge in [-0.15, -0.1) is 11.3 Å². The van der Waals surface area contributed by atoms with Crippen LogP contribution in [0.1, 0.15) is 31.6 Å². The van der Waals surface area contributed by atoms with Gasteiger partial charge in [-0.2, -0.15) is 0 Å². The standard InChI is InChI=1S/C13H18BrNOS/c1-3-10(4-2)9-15-13(16)8-6-11-5-7-12(14)17-11/h5-8,10H,3-4,9H2,1-2H3,(H,15,16)/b8-6+. The van der Waals surface area contributed by atoms with Crippen molar-refractivity contribution in [2.24, 2.45) is 5.92 Å². The Morgan fingerprint density at radius 3 is 2.71 bits per heavy atom. The lowest BCUT2D eigenvalue weighted by Gasteiger charge is -2.11. The van der Waals surface area contributed by atoms with Crippen LogP contribution in [0.25, 0.3) is 6.08 Å². The first kappa shape index (κ1) is 14.5. The second-order valence-electron chi connectivity index (χ2n) is 3.90. The Balaban J connectivity index is 2.36. The average Bonchev–Trinajstić information content (AvgIpc) is 2.74. The Hall–Kier alpha value is -0.610. The van der Waals surface area contributed by atoms with E-state index in [1.54, 1.807) is 17.4 Å². The fourth-order valence-electron chi connectivity index (χ4n) is 1.46. The second-order valence-corrected chi connectivity index (χ2v) is 6.40. The van der Waals surface area contributed by atoms with Gasteiger partial charge >= 0.3 is 0 Å². The van der Waals surface area contributed by atoms with Gasteiger partial charge < -0.3 is 5.32 Å². The quantitative estimate of drug-likeness (QED) is 0.787. The molecule has 4 heteroatoms. The summed E-state index contributed by atoms with van der Waals surface area (Å²) in [6, 6.07) is 3.96. The number of nitrogens with one attached hydrogen (secondary N) is 1. The van der Waals surface area contributed by atoms with E-state index in [-0.39, 0.29) is 5.91 Å². The largest absolute Gasteiger partial charge is 0.352 e. The molecule has 0 unspecified atom stereocenters. The van der Waals surface area contributed by atoms with Crippen molar-refractivity contribution in [1.29, 1.82) is 0 Å². The van der Waals surface area contributed by atoms with Crippen LogP contribution in [0.2, 0.25) is 0 Å². The fraction of sp³-hybridized carbons (Fsp3) is 0.462. The lowest BCUT2D eigenvalue weighted by Crippen LogP contribution is -2.27. The molecular formula is C13H18BrNOS. The molecule has 0 fully saturated rings. The average molecular weight is 316 g/mol. The van der Waals surface area contributed by atoms with E-state index in [1.807, 2.05) is 18.2 Å². The maximum atomic E-state index is 11.6. The SMILES string of the molecule is CCC(CC)CNC(=O)/C=C/c1ccc(Br)s1. The molecule has 1 heterocycles. The van der Waals surface area contributed by atoms with Crippen molar-refractivity contribution >= 4 is 39.2 Å². The molecule has 0 bridgehead atoms. The Morgan fingerprint density at radius 2 is 2.18 bits per heavy atom. The highest BCUT2D eigenvalue weighted by Crippen LogP contribution is 2.22. The number of hydrogen-bond donors (Lipinski definition) is 1. The molecule has 0 aromatic carbocycles. The lowest BCUT2D eigenvalue weighted by atomic mass is 10.0. The number of halogens is 1. The van der Waals surface area contributed by atoms with E-state index in [9.17, 15) is 4.79 Å². The van der Waals surface area contributed by atoms with E-state index in [0.29, 0.717) is 5.92 Å². The third-order valence-electron chi connectivity index (χ3n) is 2.71. The maximum absolute atomic E-state index is 11.6. The number of amides is 1. The van der Waals surface area contributed by atoms with Gasteiger partial charge in [0, 0.05) is 17.5 Å². The highest BCUT2D eigenvalue weighted by Gasteiger charge is 2.04. The van der Waals surface area contributed by atoms with Gasteiger partial charge in [0.05, 0.1) is 3.79 Å². The topological polar surface area (TPSA) is 29.1 Å². The molecule has 0 saturated carbocycles. The molecule has 0 aliphatic rings. The number of carbonyl (C=O) groups is 1. The fourth-order valence-corrected chi connectivity index (χ4v) is 2.78. The van der Waals surface area contributed by atoms with Crippen LogP contribution in [-0.4, -0.2) is 12.5 Å². The summed E-state index contributed by atoms with van der Waals surface area (Å²) in [6.45, 7) is 5.07. The second kappa shape index (κ2) is 7.67. The first-order valence-electron chi connectivity index (χ1n) is 5.87. The molecule has 0 radical (unpaired) electrons. The Morgan fingerprint density at radius 1 is 1.47 bits per heavy atom. The van der Waals surface area contributed by atoms with Gasteiger partial charge in [0.15, 0.2) is 0 Å². The van der Waals surface area contributed by atoms with Crippen molar-refractivity contribution in [3.05, 3.63) is 26.9 Å². The van der Waals surface area contributed by atoms with E-state index >= 15 is 0 Å². The number of carbonyl (C=O) groups excluding carboxylic acids is 1. The molecule has 0 spiro atoms. The zero-order chi connectivity index (χ0) is 12.7.